The zero-order chi connectivity index (χ0) is 13.1. The van der Waals surface area contributed by atoms with Gasteiger partial charge in [-0.1, -0.05) is 6.92 Å². The van der Waals surface area contributed by atoms with Gasteiger partial charge in [-0.25, -0.2) is 0 Å². The fourth-order valence-electron chi connectivity index (χ4n) is 2.71. The molecule has 0 amide bonds. The summed E-state index contributed by atoms with van der Waals surface area (Å²) in [6, 6.07) is 6.85. The van der Waals surface area contributed by atoms with Crippen LogP contribution < -0.4 is 5.32 Å². The van der Waals surface area contributed by atoms with E-state index in [-0.39, 0.29) is 0 Å². The molecule has 1 aliphatic rings. The molecule has 19 heavy (non-hydrogen) atoms. The van der Waals surface area contributed by atoms with Gasteiger partial charge in [-0.15, -0.1) is 0 Å². The van der Waals surface area contributed by atoms with Crippen molar-refractivity contribution in [3.05, 3.63) is 36.2 Å². The highest BCUT2D eigenvalue weighted by atomic mass is 15.3. The third-order valence-corrected chi connectivity index (χ3v) is 3.66. The maximum absolute atomic E-state index is 4.51. The highest BCUT2D eigenvalue weighted by Crippen LogP contribution is 2.26. The summed E-state index contributed by atoms with van der Waals surface area (Å²) in [5.74, 6) is 0. The Balaban J connectivity index is 1.91. The first kappa shape index (κ1) is 12.4. The van der Waals surface area contributed by atoms with Crippen molar-refractivity contribution in [2.75, 3.05) is 6.54 Å². The number of hydrogen-bond acceptors (Lipinski definition) is 3. The van der Waals surface area contributed by atoms with Gasteiger partial charge in [-0.05, 0) is 49.6 Å². The number of nitrogens with zero attached hydrogens (tertiary/aromatic N) is 3. The monoisotopic (exact) mass is 256 g/mol. The van der Waals surface area contributed by atoms with E-state index in [1.807, 2.05) is 23.1 Å². The molecule has 0 aliphatic carbocycles. The van der Waals surface area contributed by atoms with Crippen LogP contribution in [0, 0.1) is 0 Å². The number of pyridine rings is 1. The molecule has 1 unspecified atom stereocenters. The molecule has 1 saturated heterocycles. The first-order valence-corrected chi connectivity index (χ1v) is 7.10. The molecule has 3 rings (SSSR count). The van der Waals surface area contributed by atoms with Gasteiger partial charge in [0.25, 0.3) is 0 Å². The molecule has 4 heteroatoms. The van der Waals surface area contributed by atoms with Crippen LogP contribution in [0.5, 0.6) is 0 Å². The average molecular weight is 256 g/mol. The summed E-state index contributed by atoms with van der Waals surface area (Å²) in [7, 11) is 0. The minimum absolute atomic E-state index is 0.490. The van der Waals surface area contributed by atoms with Gasteiger partial charge < -0.3 is 5.32 Å². The Morgan fingerprint density at radius 3 is 3.11 bits per heavy atom. The van der Waals surface area contributed by atoms with Gasteiger partial charge in [0, 0.05) is 25.0 Å². The molecule has 0 saturated carbocycles. The quantitative estimate of drug-likeness (QED) is 0.914. The van der Waals surface area contributed by atoms with Crippen molar-refractivity contribution < 1.29 is 0 Å². The lowest BCUT2D eigenvalue weighted by Gasteiger charge is -2.12. The maximum Gasteiger partial charge on any atom is 0.0886 e. The summed E-state index contributed by atoms with van der Waals surface area (Å²) >= 11 is 0. The molecule has 1 fully saturated rings. The first-order chi connectivity index (χ1) is 9.38. The van der Waals surface area contributed by atoms with Gasteiger partial charge in [0.1, 0.15) is 0 Å². The second kappa shape index (κ2) is 5.53. The topological polar surface area (TPSA) is 42.7 Å². The molecule has 2 aromatic heterocycles. The Bertz CT molecular complexity index is 541. The minimum Gasteiger partial charge on any atom is -0.310 e. The summed E-state index contributed by atoms with van der Waals surface area (Å²) in [6.45, 7) is 4.23. The lowest BCUT2D eigenvalue weighted by atomic mass is 10.1. The molecule has 2 aromatic rings. The van der Waals surface area contributed by atoms with Crippen LogP contribution in [0.2, 0.25) is 0 Å². The van der Waals surface area contributed by atoms with E-state index in [0.29, 0.717) is 6.04 Å². The van der Waals surface area contributed by atoms with Gasteiger partial charge in [-0.3, -0.25) is 9.67 Å². The van der Waals surface area contributed by atoms with Gasteiger partial charge in [0.05, 0.1) is 11.4 Å². The van der Waals surface area contributed by atoms with E-state index in [1.54, 1.807) is 0 Å². The predicted octanol–water partition coefficient (Wildman–Crippen LogP) is 2.78. The van der Waals surface area contributed by atoms with E-state index >= 15 is 0 Å². The minimum atomic E-state index is 0.490. The number of aromatic nitrogens is 3. The summed E-state index contributed by atoms with van der Waals surface area (Å²) in [5.41, 5.74) is 3.48. The molecule has 0 spiro atoms. The van der Waals surface area contributed by atoms with Crippen molar-refractivity contribution in [2.24, 2.45) is 0 Å². The Hall–Kier alpha value is -1.68. The molecule has 3 heterocycles. The number of hydrogen-bond donors (Lipinski definition) is 1. The molecule has 0 aromatic carbocycles. The number of nitrogens with one attached hydrogen (secondary N) is 1. The Morgan fingerprint density at radius 2 is 2.32 bits per heavy atom. The smallest absolute Gasteiger partial charge is 0.0886 e. The third-order valence-electron chi connectivity index (χ3n) is 3.66. The van der Waals surface area contributed by atoms with Gasteiger partial charge in [0.2, 0.25) is 0 Å². The largest absolute Gasteiger partial charge is 0.310 e. The highest BCUT2D eigenvalue weighted by molar-refractivity contribution is 5.55. The van der Waals surface area contributed by atoms with Crippen molar-refractivity contribution in [2.45, 2.75) is 38.8 Å². The van der Waals surface area contributed by atoms with Crippen molar-refractivity contribution in [3.8, 4) is 11.4 Å². The molecule has 4 nitrogen and oxygen atoms in total. The molecule has 0 bridgehead atoms. The Labute approximate surface area is 113 Å². The van der Waals surface area contributed by atoms with Gasteiger partial charge in [-0.2, -0.15) is 5.10 Å². The lowest BCUT2D eigenvalue weighted by Crippen LogP contribution is -2.13. The van der Waals surface area contributed by atoms with E-state index in [2.05, 4.69) is 34.5 Å². The molecule has 1 N–H and O–H groups in total. The number of aryl methyl sites for hydroxylation is 1. The maximum atomic E-state index is 4.51. The first-order valence-electron chi connectivity index (χ1n) is 7.10. The third kappa shape index (κ3) is 2.54. The SMILES string of the molecule is CCCn1nccc1-c1cc(C2CCCN2)ccn1. The van der Waals surface area contributed by atoms with Gasteiger partial charge in [0.15, 0.2) is 0 Å². The van der Waals surface area contributed by atoms with Crippen LogP contribution in [0.3, 0.4) is 0 Å². The van der Waals surface area contributed by atoms with Crippen molar-refractivity contribution in [1.29, 1.82) is 0 Å². The Morgan fingerprint density at radius 1 is 1.37 bits per heavy atom. The van der Waals surface area contributed by atoms with Crippen molar-refractivity contribution in [3.63, 3.8) is 0 Å². The molecular weight excluding hydrogens is 236 g/mol. The summed E-state index contributed by atoms with van der Waals surface area (Å²) in [5, 5.41) is 7.91. The summed E-state index contributed by atoms with van der Waals surface area (Å²) in [4.78, 5) is 4.51. The van der Waals surface area contributed by atoms with Crippen LogP contribution in [0.1, 0.15) is 37.8 Å². The molecule has 100 valence electrons. The fraction of sp³-hybridized carbons (Fsp3) is 0.467. The molecule has 1 aliphatic heterocycles. The summed E-state index contributed by atoms with van der Waals surface area (Å²) in [6.07, 6.45) is 7.33. The zero-order valence-corrected chi connectivity index (χ0v) is 11.3. The standard InChI is InChI=1S/C15H20N4/c1-2-10-19-15(6-9-18-19)14-11-12(5-8-17-14)13-4-3-7-16-13/h5-6,8-9,11,13,16H,2-4,7,10H2,1H3. The molecule has 1 atom stereocenters. The van der Waals surface area contributed by atoms with E-state index < -0.39 is 0 Å². The van der Waals surface area contributed by atoms with E-state index in [1.165, 1.54) is 18.4 Å². The highest BCUT2D eigenvalue weighted by Gasteiger charge is 2.17. The Kier molecular flexibility index (Phi) is 3.60. The van der Waals surface area contributed by atoms with E-state index in [9.17, 15) is 0 Å². The average Bonchev–Trinajstić information content (AvgIpc) is 3.10. The lowest BCUT2D eigenvalue weighted by molar-refractivity contribution is 0.607. The van der Waals surface area contributed by atoms with Crippen LogP contribution in [0.4, 0.5) is 0 Å². The van der Waals surface area contributed by atoms with E-state index in [4.69, 9.17) is 0 Å². The normalized spacial score (nSPS) is 18.9. The van der Waals surface area contributed by atoms with Crippen molar-refractivity contribution >= 4 is 0 Å². The zero-order valence-electron chi connectivity index (χ0n) is 11.3. The van der Waals surface area contributed by atoms with Crippen LogP contribution in [0.15, 0.2) is 30.6 Å². The van der Waals surface area contributed by atoms with Crippen LogP contribution >= 0.6 is 0 Å². The van der Waals surface area contributed by atoms with Crippen LogP contribution in [0.25, 0.3) is 11.4 Å². The van der Waals surface area contributed by atoms with E-state index in [0.717, 1.165) is 30.9 Å². The van der Waals surface area contributed by atoms with Crippen molar-refractivity contribution in [1.82, 2.24) is 20.1 Å². The van der Waals surface area contributed by atoms with Gasteiger partial charge >= 0.3 is 0 Å². The summed E-state index contributed by atoms with van der Waals surface area (Å²) < 4.78 is 2.04. The van der Waals surface area contributed by atoms with Crippen LogP contribution in [-0.2, 0) is 6.54 Å². The molecular formula is C15H20N4. The van der Waals surface area contributed by atoms with Crippen LogP contribution in [-0.4, -0.2) is 21.3 Å². The molecule has 0 radical (unpaired) electrons. The fourth-order valence-corrected chi connectivity index (χ4v) is 2.71. The predicted molar refractivity (Wildman–Crippen MR) is 75.7 cm³/mol. The number of rotatable bonds is 4. The second-order valence-corrected chi connectivity index (χ2v) is 5.06. The second-order valence-electron chi connectivity index (χ2n) is 5.06.